The van der Waals surface area contributed by atoms with Crippen molar-refractivity contribution in [2.45, 2.75) is 43.1 Å². The molecule has 0 saturated heterocycles. The highest BCUT2D eigenvalue weighted by Crippen LogP contribution is 2.66. The van der Waals surface area contributed by atoms with Gasteiger partial charge in [0, 0.05) is 41.0 Å². The molecule has 1 saturated carbocycles. The molecule has 0 spiro atoms. The van der Waals surface area contributed by atoms with Gasteiger partial charge in [-0.2, -0.15) is 5.10 Å². The minimum atomic E-state index is -1.72. The number of carbonyl (C=O) groups is 1. The zero-order chi connectivity index (χ0) is 25.8. The number of halogens is 1. The molecule has 6 rings (SSSR count). The van der Waals surface area contributed by atoms with E-state index in [1.807, 2.05) is 49.4 Å². The highest BCUT2D eigenvalue weighted by atomic mass is 35.5. The van der Waals surface area contributed by atoms with Crippen molar-refractivity contribution in [3.05, 3.63) is 112 Å². The normalized spacial score (nSPS) is 25.8. The first-order valence-electron chi connectivity index (χ1n) is 12.3. The van der Waals surface area contributed by atoms with Gasteiger partial charge in [0.2, 0.25) is 0 Å². The summed E-state index contributed by atoms with van der Waals surface area (Å²) in [5.74, 6) is -0.300. The zero-order valence-corrected chi connectivity index (χ0v) is 20.9. The smallest absolute Gasteiger partial charge is 0.276 e. The van der Waals surface area contributed by atoms with Crippen molar-refractivity contribution in [3.8, 4) is 5.75 Å². The van der Waals surface area contributed by atoms with Gasteiger partial charge >= 0.3 is 0 Å². The second-order valence-corrected chi connectivity index (χ2v) is 9.98. The Morgan fingerprint density at radius 2 is 1.89 bits per heavy atom. The fourth-order valence-electron chi connectivity index (χ4n) is 5.86. The highest BCUT2D eigenvalue weighted by molar-refractivity contribution is 6.30. The van der Waals surface area contributed by atoms with E-state index in [9.17, 15) is 15.0 Å². The van der Waals surface area contributed by atoms with Crippen LogP contribution in [0.5, 0.6) is 5.75 Å². The lowest BCUT2D eigenvalue weighted by Crippen LogP contribution is -2.51. The number of nitrogens with zero attached hydrogens (tertiary/aromatic N) is 2. The van der Waals surface area contributed by atoms with E-state index in [0.29, 0.717) is 46.2 Å². The van der Waals surface area contributed by atoms with Gasteiger partial charge in [0.1, 0.15) is 5.75 Å². The average molecular weight is 516 g/mol. The summed E-state index contributed by atoms with van der Waals surface area (Å²) in [5, 5.41) is 31.4. The van der Waals surface area contributed by atoms with Crippen LogP contribution in [0.2, 0.25) is 5.02 Å². The van der Waals surface area contributed by atoms with Crippen molar-refractivity contribution in [1.29, 1.82) is 0 Å². The Morgan fingerprint density at radius 3 is 2.59 bits per heavy atom. The number of benzene rings is 3. The molecule has 8 heteroatoms. The Morgan fingerprint density at radius 1 is 1.14 bits per heavy atom. The number of aryl methyl sites for hydroxylation is 1. The van der Waals surface area contributed by atoms with Gasteiger partial charge in [-0.15, -0.1) is 0 Å². The number of hydrogen-bond donors (Lipinski definition) is 3. The van der Waals surface area contributed by atoms with Crippen LogP contribution < -0.4 is 10.1 Å². The van der Waals surface area contributed by atoms with Crippen molar-refractivity contribution < 1.29 is 19.7 Å². The van der Waals surface area contributed by atoms with Crippen molar-refractivity contribution >= 4 is 23.2 Å². The molecule has 1 aliphatic carbocycles. The number of anilines is 1. The number of fused-ring (bicyclic) bond motifs is 3. The van der Waals surface area contributed by atoms with Crippen LogP contribution in [-0.2, 0) is 17.7 Å². The van der Waals surface area contributed by atoms with E-state index in [-0.39, 0.29) is 11.8 Å². The van der Waals surface area contributed by atoms with E-state index in [1.54, 1.807) is 47.3 Å². The molecular formula is C29H26ClN3O4. The molecule has 188 valence electrons. The van der Waals surface area contributed by atoms with Crippen LogP contribution in [-0.4, -0.2) is 32.0 Å². The number of nitrogens with one attached hydrogen (secondary N) is 1. The van der Waals surface area contributed by atoms with Crippen LogP contribution in [0.25, 0.3) is 0 Å². The Balaban J connectivity index is 1.44. The van der Waals surface area contributed by atoms with Gasteiger partial charge in [-0.1, -0.05) is 60.1 Å². The molecule has 4 atom stereocenters. The molecule has 0 bridgehead atoms. The Kier molecular flexibility index (Phi) is 5.60. The third-order valence-electron chi connectivity index (χ3n) is 7.59. The first kappa shape index (κ1) is 23.7. The van der Waals surface area contributed by atoms with Crippen LogP contribution in [0.1, 0.15) is 46.4 Å². The molecule has 0 unspecified atom stereocenters. The maximum atomic E-state index is 12.8. The van der Waals surface area contributed by atoms with Crippen molar-refractivity contribution in [3.63, 3.8) is 0 Å². The van der Waals surface area contributed by atoms with Crippen LogP contribution in [0, 0.1) is 0 Å². The van der Waals surface area contributed by atoms with E-state index in [4.69, 9.17) is 16.3 Å². The van der Waals surface area contributed by atoms with Gasteiger partial charge in [0.15, 0.2) is 16.9 Å². The fourth-order valence-corrected chi connectivity index (χ4v) is 5.99. The number of aliphatic hydroxyl groups excluding tert-OH is 1. The minimum Gasteiger partial charge on any atom is -0.478 e. The second kappa shape index (κ2) is 8.73. The second-order valence-electron chi connectivity index (χ2n) is 9.55. The number of ether oxygens (including phenoxy) is 1. The zero-order valence-electron chi connectivity index (χ0n) is 20.1. The molecule has 4 aromatic rings. The Hall–Kier alpha value is -3.65. The number of rotatable bonds is 5. The lowest BCUT2D eigenvalue weighted by molar-refractivity contribution is -0.149. The first-order chi connectivity index (χ1) is 17.9. The predicted molar refractivity (Wildman–Crippen MR) is 140 cm³/mol. The summed E-state index contributed by atoms with van der Waals surface area (Å²) in [6.45, 7) is 2.61. The average Bonchev–Trinajstić information content (AvgIpc) is 3.56. The molecule has 37 heavy (non-hydrogen) atoms. The summed E-state index contributed by atoms with van der Waals surface area (Å²) in [4.78, 5) is 12.8. The van der Waals surface area contributed by atoms with Gasteiger partial charge < -0.3 is 20.3 Å². The molecule has 3 aromatic carbocycles. The van der Waals surface area contributed by atoms with E-state index in [2.05, 4.69) is 10.4 Å². The van der Waals surface area contributed by atoms with Gasteiger partial charge in [0.05, 0.1) is 6.10 Å². The largest absolute Gasteiger partial charge is 0.478 e. The molecular weight excluding hydrogens is 490 g/mol. The Labute approximate surface area is 219 Å². The maximum absolute atomic E-state index is 12.8. The molecule has 1 fully saturated rings. The lowest BCUT2D eigenvalue weighted by atomic mass is 9.71. The third kappa shape index (κ3) is 3.49. The summed E-state index contributed by atoms with van der Waals surface area (Å²) >= 11 is 6.20. The summed E-state index contributed by atoms with van der Waals surface area (Å²) in [5.41, 5.74) is -0.104. The van der Waals surface area contributed by atoms with E-state index in [1.165, 1.54) is 0 Å². The van der Waals surface area contributed by atoms with Crippen molar-refractivity contribution in [1.82, 2.24) is 9.78 Å². The quantitative estimate of drug-likeness (QED) is 0.353. The summed E-state index contributed by atoms with van der Waals surface area (Å²) in [7, 11) is 0. The van der Waals surface area contributed by atoms with Crippen LogP contribution >= 0.6 is 11.6 Å². The lowest BCUT2D eigenvalue weighted by Gasteiger charge is -2.40. The molecule has 1 aromatic heterocycles. The molecule has 2 heterocycles. The molecule has 0 radical (unpaired) electrons. The number of amides is 1. The van der Waals surface area contributed by atoms with Crippen LogP contribution in [0.15, 0.2) is 85.1 Å². The minimum absolute atomic E-state index is 0.302. The topological polar surface area (TPSA) is 96.6 Å². The van der Waals surface area contributed by atoms with E-state index < -0.39 is 17.3 Å². The number of aromatic nitrogens is 2. The summed E-state index contributed by atoms with van der Waals surface area (Å²) in [6, 6.07) is 23.7. The van der Waals surface area contributed by atoms with Crippen molar-refractivity contribution in [2.75, 3.05) is 5.32 Å². The monoisotopic (exact) mass is 515 g/mol. The number of aliphatic hydroxyl groups is 2. The van der Waals surface area contributed by atoms with Crippen molar-refractivity contribution in [2.24, 2.45) is 0 Å². The van der Waals surface area contributed by atoms with E-state index >= 15 is 0 Å². The van der Waals surface area contributed by atoms with Crippen LogP contribution in [0.4, 0.5) is 5.69 Å². The molecule has 3 N–H and O–H groups in total. The van der Waals surface area contributed by atoms with E-state index in [0.717, 1.165) is 5.56 Å². The first-order valence-corrected chi connectivity index (χ1v) is 12.6. The standard InChI is InChI=1S/C29H26ClN3O4/c1-2-33-15-14-24(32-33)27(35)31-21-12-13-22-25(16-21)37-29(19-8-10-20(30)11-9-19)23(17-26(34)28(22,29)36)18-6-4-3-5-7-18/h3-16,23,26,34,36H,2,17H2,1H3,(H,31,35)/t23-,26+,28-,29-/m1/s1. The molecule has 1 aliphatic heterocycles. The number of carbonyl (C=O) groups excluding carboxylic acids is 1. The van der Waals surface area contributed by atoms with Gasteiger partial charge in [0.25, 0.3) is 5.91 Å². The summed E-state index contributed by atoms with van der Waals surface area (Å²) < 4.78 is 8.39. The maximum Gasteiger partial charge on any atom is 0.276 e. The van der Waals surface area contributed by atoms with Crippen LogP contribution in [0.3, 0.4) is 0 Å². The highest BCUT2D eigenvalue weighted by Gasteiger charge is 2.72. The third-order valence-corrected chi connectivity index (χ3v) is 7.84. The number of hydrogen-bond acceptors (Lipinski definition) is 5. The predicted octanol–water partition coefficient (Wildman–Crippen LogP) is 4.83. The fraction of sp³-hybridized carbons (Fsp3) is 0.241. The summed E-state index contributed by atoms with van der Waals surface area (Å²) in [6.07, 6.45) is 0.965. The SMILES string of the molecule is CCn1ccc(C(=O)Nc2ccc3c(c2)O[C@]2(c4ccc(Cl)cc4)[C@@H](c4ccccc4)C[C@H](O)[C@]32O)n1. The molecule has 2 aliphatic rings. The molecule has 7 nitrogen and oxygen atoms in total. The Bertz CT molecular complexity index is 1470. The molecule has 1 amide bonds. The van der Waals surface area contributed by atoms with Gasteiger partial charge in [-0.05, 0) is 48.7 Å². The van der Waals surface area contributed by atoms with Gasteiger partial charge in [-0.25, -0.2) is 0 Å². The van der Waals surface area contributed by atoms with Gasteiger partial charge in [-0.3, -0.25) is 9.48 Å².